The van der Waals surface area contributed by atoms with Gasteiger partial charge in [-0.05, 0) is 17.7 Å². The quantitative estimate of drug-likeness (QED) is 0.524. The molecule has 0 spiro atoms. The predicted molar refractivity (Wildman–Crippen MR) is 107 cm³/mol. The number of carbonyl (C=O) groups excluding carboxylic acids is 1. The van der Waals surface area contributed by atoms with Crippen LogP contribution in [0.25, 0.3) is 10.9 Å². The molecule has 2 aromatic heterocycles. The molecule has 2 amide bonds. The van der Waals surface area contributed by atoms with Crippen molar-refractivity contribution >= 4 is 45.6 Å². The van der Waals surface area contributed by atoms with E-state index >= 15 is 0 Å². The maximum absolute atomic E-state index is 13.1. The lowest BCUT2D eigenvalue weighted by Crippen LogP contribution is -2.35. The molecule has 0 saturated carbocycles. The number of urea groups is 1. The van der Waals surface area contributed by atoms with Crippen LogP contribution in [0, 0.1) is 5.82 Å². The summed E-state index contributed by atoms with van der Waals surface area (Å²) < 4.78 is 25.1. The summed E-state index contributed by atoms with van der Waals surface area (Å²) >= 11 is 2.02. The highest BCUT2D eigenvalue weighted by Gasteiger charge is 2.16. The molecule has 3 rings (SSSR count). The van der Waals surface area contributed by atoms with Crippen molar-refractivity contribution in [3.63, 3.8) is 0 Å². The summed E-state index contributed by atoms with van der Waals surface area (Å²) in [4.78, 5) is 16.6. The molecule has 0 aliphatic carbocycles. The minimum absolute atomic E-state index is 0.239. The summed E-state index contributed by atoms with van der Waals surface area (Å²) in [5.74, 6) is 0.470. The molecular formula is C17H17FIN5O3. The summed E-state index contributed by atoms with van der Waals surface area (Å²) in [6, 6.07) is 6.67. The molecule has 10 heteroatoms. The van der Waals surface area contributed by atoms with Crippen LogP contribution in [0.4, 0.5) is 15.0 Å². The van der Waals surface area contributed by atoms with Gasteiger partial charge in [0.25, 0.3) is 0 Å². The minimum Gasteiger partial charge on any atom is -0.479 e. The van der Waals surface area contributed by atoms with E-state index in [4.69, 9.17) is 9.47 Å². The fourth-order valence-electron chi connectivity index (χ4n) is 2.56. The number of fused-ring (bicyclic) bond motifs is 1. The second kappa shape index (κ2) is 8.48. The van der Waals surface area contributed by atoms with E-state index in [0.29, 0.717) is 11.7 Å². The maximum Gasteiger partial charge on any atom is 0.320 e. The molecule has 0 radical (unpaired) electrons. The van der Waals surface area contributed by atoms with Crippen LogP contribution in [0.1, 0.15) is 11.6 Å². The summed E-state index contributed by atoms with van der Waals surface area (Å²) in [6.07, 6.45) is 1.58. The first-order valence-electron chi connectivity index (χ1n) is 7.92. The first-order valence-corrected chi connectivity index (χ1v) is 8.89. The number of rotatable bonds is 6. The Bertz CT molecular complexity index is 948. The highest BCUT2D eigenvalue weighted by molar-refractivity contribution is 14.1. The predicted octanol–water partition coefficient (Wildman–Crippen LogP) is 3.29. The molecule has 142 valence electrons. The van der Waals surface area contributed by atoms with Crippen LogP contribution in [0.3, 0.4) is 0 Å². The number of pyridine rings is 1. The molecule has 3 aromatic rings. The number of halogens is 2. The Balaban J connectivity index is 1.74. The lowest BCUT2D eigenvalue weighted by molar-refractivity contribution is 0.168. The maximum atomic E-state index is 13.1. The van der Waals surface area contributed by atoms with Crippen molar-refractivity contribution in [2.24, 2.45) is 0 Å². The Morgan fingerprint density at radius 3 is 2.74 bits per heavy atom. The highest BCUT2D eigenvalue weighted by atomic mass is 127. The van der Waals surface area contributed by atoms with Crippen molar-refractivity contribution in [2.75, 3.05) is 26.1 Å². The lowest BCUT2D eigenvalue weighted by atomic mass is 10.1. The lowest BCUT2D eigenvalue weighted by Gasteiger charge is -2.18. The standard InChI is InChI=1S/C17H17FIN5O3/c1-26-9-13(10-3-5-11(18)6-4-10)21-17(25)22-15-7-14-12(8-20-15)16(27-2)23-24(14)19/h3-8,13H,9H2,1-2H3,(H2,20,21,22,25). The monoisotopic (exact) mass is 485 g/mol. The topological polar surface area (TPSA) is 90.3 Å². The summed E-state index contributed by atoms with van der Waals surface area (Å²) in [7, 11) is 3.06. The van der Waals surface area contributed by atoms with E-state index in [-0.39, 0.29) is 12.4 Å². The summed E-state index contributed by atoms with van der Waals surface area (Å²) in [6.45, 7) is 0.239. The Morgan fingerprint density at radius 2 is 2.07 bits per heavy atom. The smallest absolute Gasteiger partial charge is 0.320 e. The zero-order valence-electron chi connectivity index (χ0n) is 14.6. The minimum atomic E-state index is -0.459. The van der Waals surface area contributed by atoms with Gasteiger partial charge >= 0.3 is 6.03 Å². The third-order valence-electron chi connectivity index (χ3n) is 3.84. The van der Waals surface area contributed by atoms with Crippen molar-refractivity contribution in [3.05, 3.63) is 47.9 Å². The molecule has 8 nitrogen and oxygen atoms in total. The molecule has 1 aromatic carbocycles. The fraction of sp³-hybridized carbons (Fsp3) is 0.235. The number of nitrogens with one attached hydrogen (secondary N) is 2. The van der Waals surface area contributed by atoms with E-state index in [9.17, 15) is 9.18 Å². The number of benzene rings is 1. The third-order valence-corrected chi connectivity index (χ3v) is 4.57. The van der Waals surface area contributed by atoms with Gasteiger partial charge in [-0.3, -0.25) is 5.32 Å². The Hall–Kier alpha value is -2.47. The zero-order chi connectivity index (χ0) is 19.4. The molecule has 2 N–H and O–H groups in total. The van der Waals surface area contributed by atoms with Crippen LogP contribution in [-0.2, 0) is 4.74 Å². The number of aromatic nitrogens is 3. The van der Waals surface area contributed by atoms with E-state index in [0.717, 1.165) is 16.5 Å². The van der Waals surface area contributed by atoms with Crippen molar-refractivity contribution in [1.82, 2.24) is 18.3 Å². The molecule has 0 saturated heterocycles. The van der Waals surface area contributed by atoms with Crippen molar-refractivity contribution in [2.45, 2.75) is 6.04 Å². The molecule has 1 atom stereocenters. The van der Waals surface area contributed by atoms with Gasteiger partial charge in [0.15, 0.2) is 0 Å². The number of amides is 2. The van der Waals surface area contributed by atoms with E-state index in [1.165, 1.54) is 26.4 Å². The van der Waals surface area contributed by atoms with Crippen LogP contribution < -0.4 is 15.4 Å². The van der Waals surface area contributed by atoms with Crippen LogP contribution in [0.15, 0.2) is 36.5 Å². The van der Waals surface area contributed by atoms with Gasteiger partial charge in [0.1, 0.15) is 11.6 Å². The number of ether oxygens (including phenoxy) is 2. The second-order valence-corrected chi connectivity index (χ2v) is 6.53. The third kappa shape index (κ3) is 4.45. The number of hydrogen-bond donors (Lipinski definition) is 2. The number of methoxy groups -OCH3 is 2. The van der Waals surface area contributed by atoms with E-state index in [1.54, 1.807) is 27.3 Å². The van der Waals surface area contributed by atoms with E-state index in [2.05, 4.69) is 20.7 Å². The summed E-state index contributed by atoms with van der Waals surface area (Å²) in [5, 5.41) is 10.4. The van der Waals surface area contributed by atoms with Gasteiger partial charge in [-0.2, -0.15) is 2.90 Å². The highest BCUT2D eigenvalue weighted by Crippen LogP contribution is 2.27. The fourth-order valence-corrected chi connectivity index (χ4v) is 3.16. The van der Waals surface area contributed by atoms with E-state index < -0.39 is 12.1 Å². The molecular weight excluding hydrogens is 468 g/mol. The first kappa shape index (κ1) is 19.3. The van der Waals surface area contributed by atoms with E-state index in [1.807, 2.05) is 22.9 Å². The second-order valence-electron chi connectivity index (χ2n) is 5.61. The van der Waals surface area contributed by atoms with Crippen molar-refractivity contribution in [3.8, 4) is 5.88 Å². The van der Waals surface area contributed by atoms with Gasteiger partial charge < -0.3 is 14.8 Å². The van der Waals surface area contributed by atoms with Crippen LogP contribution in [0.2, 0.25) is 0 Å². The molecule has 0 bridgehead atoms. The summed E-state index contributed by atoms with van der Waals surface area (Å²) in [5.41, 5.74) is 1.48. The first-order chi connectivity index (χ1) is 13.0. The molecule has 2 heterocycles. The van der Waals surface area contributed by atoms with Crippen LogP contribution >= 0.6 is 22.9 Å². The largest absolute Gasteiger partial charge is 0.479 e. The number of carbonyl (C=O) groups is 1. The average Bonchev–Trinajstić information content (AvgIpc) is 2.97. The van der Waals surface area contributed by atoms with Gasteiger partial charge in [0.2, 0.25) is 5.88 Å². The van der Waals surface area contributed by atoms with Gasteiger partial charge in [-0.1, -0.05) is 12.1 Å². The van der Waals surface area contributed by atoms with Crippen molar-refractivity contribution < 1.29 is 18.7 Å². The van der Waals surface area contributed by atoms with Crippen LogP contribution in [-0.4, -0.2) is 39.8 Å². The van der Waals surface area contributed by atoms with Crippen molar-refractivity contribution in [1.29, 1.82) is 0 Å². The molecule has 27 heavy (non-hydrogen) atoms. The van der Waals surface area contributed by atoms with Gasteiger partial charge in [0, 0.05) is 19.4 Å². The number of anilines is 1. The Kier molecular flexibility index (Phi) is 6.06. The van der Waals surface area contributed by atoms with Gasteiger partial charge in [0.05, 0.1) is 53.5 Å². The Morgan fingerprint density at radius 1 is 1.33 bits per heavy atom. The molecule has 0 aliphatic rings. The SMILES string of the molecule is COCC(NC(=O)Nc1cc2c(cn1)c(OC)nn2I)c1ccc(F)cc1. The zero-order valence-corrected chi connectivity index (χ0v) is 16.7. The van der Waals surface area contributed by atoms with Gasteiger partial charge in [-0.25, -0.2) is 14.2 Å². The number of hydrogen-bond acceptors (Lipinski definition) is 5. The Labute approximate surface area is 168 Å². The molecule has 1 unspecified atom stereocenters. The average molecular weight is 485 g/mol. The van der Waals surface area contributed by atoms with Crippen LogP contribution in [0.5, 0.6) is 5.88 Å². The molecule has 0 fully saturated rings. The normalized spacial score (nSPS) is 12.0. The van der Waals surface area contributed by atoms with Gasteiger partial charge in [-0.15, -0.1) is 5.10 Å². The molecule has 0 aliphatic heterocycles. The number of nitrogens with zero attached hydrogens (tertiary/aromatic N) is 3.